The van der Waals surface area contributed by atoms with E-state index in [4.69, 9.17) is 23.2 Å². The van der Waals surface area contributed by atoms with Crippen LogP contribution < -0.4 is 10.6 Å². The highest BCUT2D eigenvalue weighted by atomic mass is 35.5. The van der Waals surface area contributed by atoms with Gasteiger partial charge in [-0.05, 0) is 62.1 Å². The van der Waals surface area contributed by atoms with Crippen LogP contribution in [0.1, 0.15) is 49.7 Å². The van der Waals surface area contributed by atoms with Crippen molar-refractivity contribution in [3.05, 3.63) is 57.6 Å². The van der Waals surface area contributed by atoms with Crippen LogP contribution in [0.15, 0.2) is 36.4 Å². The molecule has 2 aromatic rings. The minimum Gasteiger partial charge on any atom is -0.324 e. The van der Waals surface area contributed by atoms with Gasteiger partial charge in [-0.3, -0.25) is 14.5 Å². The molecule has 3 rings (SSSR count). The second-order valence-corrected chi connectivity index (χ2v) is 9.43. The Morgan fingerprint density at radius 2 is 1.25 bits per heavy atom. The molecule has 1 fully saturated rings. The van der Waals surface area contributed by atoms with Gasteiger partial charge in [0.2, 0.25) is 11.8 Å². The standard InChI is InChI=1S/C25H31Cl2N3O2/c1-17-9-11-22(20(26)13-17)28-24(31)15-30(19-7-5-3-4-6-8-19)16-25(32)29-23-12-10-18(2)14-21(23)27/h9-14,19H,3-8,15-16H2,1-2H3,(H,28,31)(H,29,32). The number of carbonyl (C=O) groups excluding carboxylic acids is 2. The first-order chi connectivity index (χ1) is 15.3. The molecule has 172 valence electrons. The fraction of sp³-hybridized carbons (Fsp3) is 0.440. The molecule has 2 N–H and O–H groups in total. The fourth-order valence-electron chi connectivity index (χ4n) is 4.13. The largest absolute Gasteiger partial charge is 0.324 e. The van der Waals surface area contributed by atoms with E-state index in [0.29, 0.717) is 21.4 Å². The van der Waals surface area contributed by atoms with Crippen molar-refractivity contribution in [1.29, 1.82) is 0 Å². The third-order valence-electron chi connectivity index (χ3n) is 5.83. The first-order valence-electron chi connectivity index (χ1n) is 11.2. The maximum atomic E-state index is 12.9. The SMILES string of the molecule is Cc1ccc(NC(=O)CN(CC(=O)Nc2ccc(C)cc2Cl)C2CCCCCC2)c(Cl)c1. The van der Waals surface area contributed by atoms with E-state index in [9.17, 15) is 9.59 Å². The molecule has 0 saturated heterocycles. The van der Waals surface area contributed by atoms with E-state index in [1.165, 1.54) is 12.8 Å². The predicted molar refractivity (Wildman–Crippen MR) is 133 cm³/mol. The summed E-state index contributed by atoms with van der Waals surface area (Å²) >= 11 is 12.6. The second-order valence-electron chi connectivity index (χ2n) is 8.61. The van der Waals surface area contributed by atoms with Crippen molar-refractivity contribution in [3.8, 4) is 0 Å². The molecule has 0 radical (unpaired) electrons. The molecule has 1 aliphatic rings. The molecule has 0 aliphatic heterocycles. The zero-order valence-corrected chi connectivity index (χ0v) is 20.2. The third kappa shape index (κ3) is 7.22. The number of amides is 2. The van der Waals surface area contributed by atoms with Gasteiger partial charge in [0.25, 0.3) is 0 Å². The third-order valence-corrected chi connectivity index (χ3v) is 6.46. The molecule has 5 nitrogen and oxygen atoms in total. The maximum Gasteiger partial charge on any atom is 0.238 e. The normalized spacial score (nSPS) is 14.8. The Balaban J connectivity index is 1.69. The van der Waals surface area contributed by atoms with Crippen LogP contribution in [0.4, 0.5) is 11.4 Å². The van der Waals surface area contributed by atoms with Crippen LogP contribution in [0.25, 0.3) is 0 Å². The first kappa shape index (κ1) is 24.6. The average Bonchev–Trinajstić information content (AvgIpc) is 3.01. The predicted octanol–water partition coefficient (Wildman–Crippen LogP) is 6.21. The zero-order chi connectivity index (χ0) is 23.1. The molecule has 0 aromatic heterocycles. The van der Waals surface area contributed by atoms with Gasteiger partial charge >= 0.3 is 0 Å². The quantitative estimate of drug-likeness (QED) is 0.467. The highest BCUT2D eigenvalue weighted by molar-refractivity contribution is 6.34. The first-order valence-corrected chi connectivity index (χ1v) is 11.9. The maximum absolute atomic E-state index is 12.9. The number of nitrogens with one attached hydrogen (secondary N) is 2. The van der Waals surface area contributed by atoms with Gasteiger partial charge in [-0.2, -0.15) is 0 Å². The van der Waals surface area contributed by atoms with Gasteiger partial charge in [-0.25, -0.2) is 0 Å². The number of nitrogens with zero attached hydrogens (tertiary/aromatic N) is 1. The molecule has 1 aliphatic carbocycles. The summed E-state index contributed by atoms with van der Waals surface area (Å²) in [6, 6.07) is 11.2. The Hall–Kier alpha value is -2.08. The molecule has 1 saturated carbocycles. The monoisotopic (exact) mass is 475 g/mol. The molecular formula is C25H31Cl2N3O2. The van der Waals surface area contributed by atoms with Gasteiger partial charge in [0, 0.05) is 6.04 Å². The fourth-order valence-corrected chi connectivity index (χ4v) is 4.69. The summed E-state index contributed by atoms with van der Waals surface area (Å²) in [5, 5.41) is 6.80. The summed E-state index contributed by atoms with van der Waals surface area (Å²) in [6.07, 6.45) is 6.58. The van der Waals surface area contributed by atoms with Crippen LogP contribution in [0.5, 0.6) is 0 Å². The Morgan fingerprint density at radius 1 is 0.812 bits per heavy atom. The summed E-state index contributed by atoms with van der Waals surface area (Å²) in [5.41, 5.74) is 3.22. The van der Waals surface area contributed by atoms with Gasteiger partial charge in [0.05, 0.1) is 34.5 Å². The molecule has 0 bridgehead atoms. The zero-order valence-electron chi connectivity index (χ0n) is 18.7. The van der Waals surface area contributed by atoms with Gasteiger partial charge in [-0.15, -0.1) is 0 Å². The number of benzene rings is 2. The second kappa shape index (κ2) is 11.7. The van der Waals surface area contributed by atoms with Crippen LogP contribution in [0, 0.1) is 13.8 Å². The van der Waals surface area contributed by atoms with Gasteiger partial charge in [0.1, 0.15) is 0 Å². The Labute approximate surface area is 200 Å². The van der Waals surface area contributed by atoms with E-state index >= 15 is 0 Å². The molecule has 2 aromatic carbocycles. The summed E-state index contributed by atoms with van der Waals surface area (Å²) in [5.74, 6) is -0.359. The van der Waals surface area contributed by atoms with Crippen molar-refractivity contribution in [2.24, 2.45) is 0 Å². The Morgan fingerprint density at radius 3 is 1.66 bits per heavy atom. The molecule has 0 atom stereocenters. The van der Waals surface area contributed by atoms with Crippen molar-refractivity contribution < 1.29 is 9.59 Å². The highest BCUT2D eigenvalue weighted by Crippen LogP contribution is 2.25. The molecule has 32 heavy (non-hydrogen) atoms. The van der Waals surface area contributed by atoms with Gasteiger partial charge < -0.3 is 10.6 Å². The summed E-state index contributed by atoms with van der Waals surface area (Å²) in [6.45, 7) is 4.15. The number of rotatable bonds is 7. The number of hydrogen-bond donors (Lipinski definition) is 2. The van der Waals surface area contributed by atoms with Crippen molar-refractivity contribution in [2.75, 3.05) is 23.7 Å². The van der Waals surface area contributed by atoms with Crippen LogP contribution >= 0.6 is 23.2 Å². The topological polar surface area (TPSA) is 61.4 Å². The molecule has 7 heteroatoms. The number of carbonyl (C=O) groups is 2. The number of halogens is 2. The van der Waals surface area contributed by atoms with Crippen LogP contribution in [-0.2, 0) is 9.59 Å². The van der Waals surface area contributed by atoms with Crippen molar-refractivity contribution in [1.82, 2.24) is 4.90 Å². The van der Waals surface area contributed by atoms with E-state index in [0.717, 1.165) is 36.8 Å². The van der Waals surface area contributed by atoms with E-state index in [2.05, 4.69) is 10.6 Å². The number of anilines is 2. The summed E-state index contributed by atoms with van der Waals surface area (Å²) in [7, 11) is 0. The van der Waals surface area contributed by atoms with Crippen LogP contribution in [-0.4, -0.2) is 35.8 Å². The van der Waals surface area contributed by atoms with E-state index in [1.54, 1.807) is 12.1 Å². The lowest BCUT2D eigenvalue weighted by molar-refractivity contribution is -0.121. The van der Waals surface area contributed by atoms with E-state index in [-0.39, 0.29) is 30.9 Å². The Kier molecular flexibility index (Phi) is 8.97. The molecular weight excluding hydrogens is 445 g/mol. The van der Waals surface area contributed by atoms with Crippen molar-refractivity contribution >= 4 is 46.4 Å². The Bertz CT molecular complexity index is 889. The molecule has 0 heterocycles. The minimum atomic E-state index is -0.179. The summed E-state index contributed by atoms with van der Waals surface area (Å²) in [4.78, 5) is 27.7. The lowest BCUT2D eigenvalue weighted by atomic mass is 10.1. The van der Waals surface area contributed by atoms with Crippen molar-refractivity contribution in [2.45, 2.75) is 58.4 Å². The molecule has 2 amide bonds. The van der Waals surface area contributed by atoms with E-state index in [1.807, 2.05) is 43.0 Å². The van der Waals surface area contributed by atoms with Gasteiger partial charge in [-0.1, -0.05) is 61.0 Å². The smallest absolute Gasteiger partial charge is 0.238 e. The summed E-state index contributed by atoms with van der Waals surface area (Å²) < 4.78 is 0. The average molecular weight is 476 g/mol. The number of hydrogen-bond acceptors (Lipinski definition) is 3. The van der Waals surface area contributed by atoms with E-state index < -0.39 is 0 Å². The minimum absolute atomic E-state index is 0.129. The van der Waals surface area contributed by atoms with Gasteiger partial charge in [0.15, 0.2) is 0 Å². The molecule has 0 spiro atoms. The van der Waals surface area contributed by atoms with Crippen LogP contribution in [0.3, 0.4) is 0 Å². The number of aryl methyl sites for hydroxylation is 2. The van der Waals surface area contributed by atoms with Crippen LogP contribution in [0.2, 0.25) is 10.0 Å². The lowest BCUT2D eigenvalue weighted by Crippen LogP contribution is -2.45. The highest BCUT2D eigenvalue weighted by Gasteiger charge is 2.25. The lowest BCUT2D eigenvalue weighted by Gasteiger charge is -2.30. The molecule has 0 unspecified atom stereocenters. The van der Waals surface area contributed by atoms with Crippen molar-refractivity contribution in [3.63, 3.8) is 0 Å².